The SMILES string of the molecule is Cc1ccc(N(C)CC(C)CN)c(C)c1C. The van der Waals surface area contributed by atoms with Gasteiger partial charge in [-0.2, -0.15) is 0 Å². The Labute approximate surface area is 99.5 Å². The maximum Gasteiger partial charge on any atom is 0.0396 e. The van der Waals surface area contributed by atoms with Crippen molar-refractivity contribution in [1.82, 2.24) is 0 Å². The molecule has 0 fully saturated rings. The van der Waals surface area contributed by atoms with Crippen LogP contribution < -0.4 is 10.6 Å². The molecule has 0 radical (unpaired) electrons. The molecule has 0 saturated carbocycles. The Morgan fingerprint density at radius 2 is 1.81 bits per heavy atom. The van der Waals surface area contributed by atoms with Gasteiger partial charge >= 0.3 is 0 Å². The summed E-state index contributed by atoms with van der Waals surface area (Å²) in [5.41, 5.74) is 11.1. The summed E-state index contributed by atoms with van der Waals surface area (Å²) in [6.45, 7) is 10.5. The van der Waals surface area contributed by atoms with Gasteiger partial charge in [-0.3, -0.25) is 0 Å². The smallest absolute Gasteiger partial charge is 0.0396 e. The van der Waals surface area contributed by atoms with Crippen molar-refractivity contribution in [2.24, 2.45) is 11.7 Å². The molecule has 0 aliphatic rings. The fourth-order valence-corrected chi connectivity index (χ4v) is 2.00. The largest absolute Gasteiger partial charge is 0.374 e. The van der Waals surface area contributed by atoms with E-state index in [4.69, 9.17) is 5.73 Å². The van der Waals surface area contributed by atoms with E-state index in [1.807, 2.05) is 0 Å². The molecule has 0 aliphatic heterocycles. The zero-order valence-electron chi connectivity index (χ0n) is 11.2. The van der Waals surface area contributed by atoms with Crippen LogP contribution in [0.3, 0.4) is 0 Å². The van der Waals surface area contributed by atoms with Crippen LogP contribution in [0.1, 0.15) is 23.6 Å². The average molecular weight is 220 g/mol. The maximum atomic E-state index is 5.66. The first kappa shape index (κ1) is 13.0. The van der Waals surface area contributed by atoms with E-state index >= 15 is 0 Å². The predicted molar refractivity (Wildman–Crippen MR) is 72.1 cm³/mol. The molecule has 2 heteroatoms. The second kappa shape index (κ2) is 5.35. The molecule has 1 aromatic carbocycles. The van der Waals surface area contributed by atoms with Crippen LogP contribution in [-0.4, -0.2) is 20.1 Å². The number of nitrogens with zero attached hydrogens (tertiary/aromatic N) is 1. The van der Waals surface area contributed by atoms with E-state index in [0.29, 0.717) is 5.92 Å². The summed E-state index contributed by atoms with van der Waals surface area (Å²) in [7, 11) is 2.14. The Bertz CT molecular complexity index is 358. The molecular formula is C14H24N2. The highest BCUT2D eigenvalue weighted by Crippen LogP contribution is 2.24. The molecule has 0 saturated heterocycles. The van der Waals surface area contributed by atoms with Gasteiger partial charge in [-0.15, -0.1) is 0 Å². The van der Waals surface area contributed by atoms with Crippen LogP contribution in [0.25, 0.3) is 0 Å². The van der Waals surface area contributed by atoms with Gasteiger partial charge in [-0.25, -0.2) is 0 Å². The molecule has 0 heterocycles. The van der Waals surface area contributed by atoms with Crippen molar-refractivity contribution in [2.75, 3.05) is 25.0 Å². The molecule has 1 rings (SSSR count). The minimum Gasteiger partial charge on any atom is -0.374 e. The van der Waals surface area contributed by atoms with Crippen LogP contribution in [0.15, 0.2) is 12.1 Å². The van der Waals surface area contributed by atoms with Crippen molar-refractivity contribution < 1.29 is 0 Å². The van der Waals surface area contributed by atoms with Crippen LogP contribution in [0.4, 0.5) is 5.69 Å². The lowest BCUT2D eigenvalue weighted by Crippen LogP contribution is -2.28. The quantitative estimate of drug-likeness (QED) is 0.845. The second-order valence-corrected chi connectivity index (χ2v) is 4.87. The topological polar surface area (TPSA) is 29.3 Å². The van der Waals surface area contributed by atoms with Gasteiger partial charge in [0, 0.05) is 19.3 Å². The number of benzene rings is 1. The first-order valence-electron chi connectivity index (χ1n) is 5.95. The Hall–Kier alpha value is -1.02. The van der Waals surface area contributed by atoms with Crippen LogP contribution in [0.2, 0.25) is 0 Å². The number of hydrogen-bond donors (Lipinski definition) is 1. The summed E-state index contributed by atoms with van der Waals surface area (Å²) >= 11 is 0. The van der Waals surface area contributed by atoms with E-state index in [0.717, 1.165) is 13.1 Å². The van der Waals surface area contributed by atoms with Gasteiger partial charge in [0.2, 0.25) is 0 Å². The summed E-state index contributed by atoms with van der Waals surface area (Å²) in [6.07, 6.45) is 0. The van der Waals surface area contributed by atoms with Crippen molar-refractivity contribution >= 4 is 5.69 Å². The lowest BCUT2D eigenvalue weighted by Gasteiger charge is -2.25. The first-order valence-corrected chi connectivity index (χ1v) is 5.95. The molecule has 90 valence electrons. The van der Waals surface area contributed by atoms with Crippen molar-refractivity contribution in [3.8, 4) is 0 Å². The van der Waals surface area contributed by atoms with E-state index in [2.05, 4.69) is 51.8 Å². The highest BCUT2D eigenvalue weighted by atomic mass is 15.1. The summed E-state index contributed by atoms with van der Waals surface area (Å²) in [5, 5.41) is 0. The van der Waals surface area contributed by atoms with E-state index in [1.165, 1.54) is 22.4 Å². The van der Waals surface area contributed by atoms with E-state index < -0.39 is 0 Å². The number of rotatable bonds is 4. The minimum absolute atomic E-state index is 0.533. The van der Waals surface area contributed by atoms with Gasteiger partial charge < -0.3 is 10.6 Å². The Morgan fingerprint density at radius 1 is 1.19 bits per heavy atom. The maximum absolute atomic E-state index is 5.66. The van der Waals surface area contributed by atoms with Crippen molar-refractivity contribution in [3.05, 3.63) is 28.8 Å². The Kier molecular flexibility index (Phi) is 4.36. The summed E-state index contributed by atoms with van der Waals surface area (Å²) in [6, 6.07) is 4.40. The highest BCUT2D eigenvalue weighted by molar-refractivity contribution is 5.57. The first-order chi connectivity index (χ1) is 7.47. The molecule has 16 heavy (non-hydrogen) atoms. The van der Waals surface area contributed by atoms with Gasteiger partial charge in [0.1, 0.15) is 0 Å². The summed E-state index contributed by atoms with van der Waals surface area (Å²) in [4.78, 5) is 2.30. The second-order valence-electron chi connectivity index (χ2n) is 4.87. The molecule has 0 aromatic heterocycles. The van der Waals surface area contributed by atoms with E-state index in [-0.39, 0.29) is 0 Å². The molecule has 0 bridgehead atoms. The normalized spacial score (nSPS) is 12.6. The van der Waals surface area contributed by atoms with Gasteiger partial charge in [-0.1, -0.05) is 13.0 Å². The van der Waals surface area contributed by atoms with Crippen molar-refractivity contribution in [3.63, 3.8) is 0 Å². The molecule has 1 atom stereocenters. The molecule has 2 N–H and O–H groups in total. The molecule has 1 unspecified atom stereocenters. The fraction of sp³-hybridized carbons (Fsp3) is 0.571. The van der Waals surface area contributed by atoms with Gasteiger partial charge in [-0.05, 0) is 56.0 Å². The number of nitrogens with two attached hydrogens (primary N) is 1. The van der Waals surface area contributed by atoms with Crippen LogP contribution >= 0.6 is 0 Å². The fourth-order valence-electron chi connectivity index (χ4n) is 2.00. The number of aryl methyl sites for hydroxylation is 1. The lowest BCUT2D eigenvalue weighted by atomic mass is 10.0. The Morgan fingerprint density at radius 3 is 2.38 bits per heavy atom. The van der Waals surface area contributed by atoms with Crippen LogP contribution in [0, 0.1) is 26.7 Å². The van der Waals surface area contributed by atoms with E-state index in [1.54, 1.807) is 0 Å². The monoisotopic (exact) mass is 220 g/mol. The molecule has 1 aromatic rings. The molecule has 0 spiro atoms. The van der Waals surface area contributed by atoms with Crippen LogP contribution in [0.5, 0.6) is 0 Å². The van der Waals surface area contributed by atoms with E-state index in [9.17, 15) is 0 Å². The van der Waals surface area contributed by atoms with Crippen molar-refractivity contribution in [2.45, 2.75) is 27.7 Å². The predicted octanol–water partition coefficient (Wildman–Crippen LogP) is 2.64. The third-order valence-corrected chi connectivity index (χ3v) is 3.43. The lowest BCUT2D eigenvalue weighted by molar-refractivity contribution is 0.589. The number of anilines is 1. The third kappa shape index (κ3) is 2.76. The molecule has 0 aliphatic carbocycles. The zero-order valence-corrected chi connectivity index (χ0v) is 11.2. The van der Waals surface area contributed by atoms with Gasteiger partial charge in [0.15, 0.2) is 0 Å². The molecular weight excluding hydrogens is 196 g/mol. The highest BCUT2D eigenvalue weighted by Gasteiger charge is 2.10. The summed E-state index contributed by atoms with van der Waals surface area (Å²) < 4.78 is 0. The number of hydrogen-bond acceptors (Lipinski definition) is 2. The third-order valence-electron chi connectivity index (χ3n) is 3.43. The van der Waals surface area contributed by atoms with Crippen molar-refractivity contribution in [1.29, 1.82) is 0 Å². The standard InChI is InChI=1S/C14H24N2/c1-10(8-15)9-16(5)14-7-6-11(2)12(3)13(14)4/h6-7,10H,8-9,15H2,1-5H3. The summed E-state index contributed by atoms with van der Waals surface area (Å²) in [5.74, 6) is 0.533. The minimum atomic E-state index is 0.533. The Balaban J connectivity index is 2.92. The molecule has 2 nitrogen and oxygen atoms in total. The van der Waals surface area contributed by atoms with Gasteiger partial charge in [0.25, 0.3) is 0 Å². The average Bonchev–Trinajstić information content (AvgIpc) is 2.25. The molecule has 0 amide bonds. The van der Waals surface area contributed by atoms with Crippen LogP contribution in [-0.2, 0) is 0 Å². The zero-order chi connectivity index (χ0) is 12.3. The van der Waals surface area contributed by atoms with Gasteiger partial charge in [0.05, 0.1) is 0 Å².